The molecule has 24 heavy (non-hydrogen) atoms. The Morgan fingerprint density at radius 3 is 3.08 bits per heavy atom. The Hall–Kier alpha value is -1.50. The Labute approximate surface area is 143 Å². The number of pyridine rings is 1. The Balaban J connectivity index is 1.63. The van der Waals surface area contributed by atoms with Gasteiger partial charge in [-0.2, -0.15) is 0 Å². The summed E-state index contributed by atoms with van der Waals surface area (Å²) >= 11 is 0. The van der Waals surface area contributed by atoms with Gasteiger partial charge in [0.1, 0.15) is 5.60 Å². The van der Waals surface area contributed by atoms with Gasteiger partial charge in [-0.05, 0) is 39.1 Å². The summed E-state index contributed by atoms with van der Waals surface area (Å²) in [5.41, 5.74) is 0.455. The monoisotopic (exact) mass is 333 g/mol. The van der Waals surface area contributed by atoms with Crippen molar-refractivity contribution >= 4 is 5.91 Å². The van der Waals surface area contributed by atoms with Crippen LogP contribution in [-0.4, -0.2) is 79.3 Å². The number of carbonyl (C=O) groups excluding carboxylic acids is 1. The van der Waals surface area contributed by atoms with E-state index in [9.17, 15) is 4.79 Å². The number of rotatable bonds is 4. The summed E-state index contributed by atoms with van der Waals surface area (Å²) in [6, 6.07) is 5.66. The van der Waals surface area contributed by atoms with E-state index in [1.54, 1.807) is 6.20 Å². The zero-order chi connectivity index (χ0) is 17.0. The Bertz CT molecular complexity index is 552. The third kappa shape index (κ3) is 4.32. The van der Waals surface area contributed by atoms with Crippen molar-refractivity contribution in [1.29, 1.82) is 0 Å². The molecule has 1 amide bonds. The van der Waals surface area contributed by atoms with Gasteiger partial charge in [-0.3, -0.25) is 9.78 Å². The topological polar surface area (TPSA) is 54.9 Å². The second-order valence-electron chi connectivity index (χ2n) is 7.09. The van der Waals surface area contributed by atoms with Gasteiger partial charge in [0.05, 0.1) is 32.3 Å². The zero-order valence-corrected chi connectivity index (χ0v) is 14.6. The lowest BCUT2D eigenvalue weighted by Gasteiger charge is -2.32. The van der Waals surface area contributed by atoms with Crippen molar-refractivity contribution in [3.8, 4) is 0 Å². The van der Waals surface area contributed by atoms with Crippen molar-refractivity contribution < 1.29 is 14.3 Å². The molecule has 2 unspecified atom stereocenters. The van der Waals surface area contributed by atoms with E-state index >= 15 is 0 Å². The van der Waals surface area contributed by atoms with Gasteiger partial charge in [0, 0.05) is 25.0 Å². The highest BCUT2D eigenvalue weighted by Crippen LogP contribution is 2.33. The lowest BCUT2D eigenvalue weighted by Crippen LogP contribution is -2.47. The van der Waals surface area contributed by atoms with Crippen molar-refractivity contribution in [3.05, 3.63) is 30.1 Å². The van der Waals surface area contributed by atoms with Crippen molar-refractivity contribution in [2.45, 2.75) is 31.0 Å². The van der Waals surface area contributed by atoms with Gasteiger partial charge < -0.3 is 19.3 Å². The molecule has 6 heteroatoms. The summed E-state index contributed by atoms with van der Waals surface area (Å²) < 4.78 is 12.1. The van der Waals surface area contributed by atoms with E-state index in [0.717, 1.165) is 25.1 Å². The standard InChI is InChI=1S/C18H27N3O3/c1-20(2)12-16-6-7-18(24-16)13-21(9-10-23-14-18)17(22)11-15-5-3-4-8-19-15/h3-5,8,16H,6-7,9-14H2,1-2H3. The summed E-state index contributed by atoms with van der Waals surface area (Å²) in [5.74, 6) is 0.0956. The van der Waals surface area contributed by atoms with Crippen molar-refractivity contribution in [3.63, 3.8) is 0 Å². The van der Waals surface area contributed by atoms with E-state index in [1.807, 2.05) is 23.1 Å². The molecule has 2 atom stereocenters. The average Bonchev–Trinajstić information content (AvgIpc) is 2.80. The van der Waals surface area contributed by atoms with E-state index < -0.39 is 0 Å². The maximum atomic E-state index is 12.7. The molecule has 0 aliphatic carbocycles. The molecule has 0 N–H and O–H groups in total. The first-order valence-corrected chi connectivity index (χ1v) is 8.64. The summed E-state index contributed by atoms with van der Waals surface area (Å²) in [4.78, 5) is 21.0. The van der Waals surface area contributed by atoms with Crippen LogP contribution < -0.4 is 0 Å². The molecule has 2 aliphatic rings. The molecule has 3 heterocycles. The molecule has 3 rings (SSSR count). The maximum absolute atomic E-state index is 12.7. The van der Waals surface area contributed by atoms with Gasteiger partial charge >= 0.3 is 0 Å². The first kappa shape index (κ1) is 17.3. The van der Waals surface area contributed by atoms with Gasteiger partial charge in [-0.1, -0.05) is 6.07 Å². The zero-order valence-electron chi connectivity index (χ0n) is 14.6. The highest BCUT2D eigenvalue weighted by molar-refractivity contribution is 5.78. The normalized spacial score (nSPS) is 27.6. The molecule has 0 radical (unpaired) electrons. The maximum Gasteiger partial charge on any atom is 0.228 e. The molecule has 132 valence electrons. The molecule has 1 spiro atoms. The van der Waals surface area contributed by atoms with Crippen LogP contribution in [0.4, 0.5) is 0 Å². The minimum Gasteiger partial charge on any atom is -0.377 e. The third-order valence-corrected chi connectivity index (χ3v) is 4.67. The molecule has 6 nitrogen and oxygen atoms in total. The minimum atomic E-state index is -0.350. The average molecular weight is 333 g/mol. The van der Waals surface area contributed by atoms with Crippen molar-refractivity contribution in [2.24, 2.45) is 0 Å². The lowest BCUT2D eigenvalue weighted by atomic mass is 10.00. The predicted molar refractivity (Wildman–Crippen MR) is 90.7 cm³/mol. The number of amides is 1. The van der Waals surface area contributed by atoms with Gasteiger partial charge in [0.2, 0.25) is 5.91 Å². The first-order valence-electron chi connectivity index (χ1n) is 8.64. The molecule has 0 bridgehead atoms. The highest BCUT2D eigenvalue weighted by atomic mass is 16.6. The van der Waals surface area contributed by atoms with Crippen molar-refractivity contribution in [1.82, 2.24) is 14.8 Å². The van der Waals surface area contributed by atoms with E-state index in [0.29, 0.717) is 32.7 Å². The summed E-state index contributed by atoms with van der Waals surface area (Å²) in [6.07, 6.45) is 4.23. The van der Waals surface area contributed by atoms with Gasteiger partial charge in [0.25, 0.3) is 0 Å². The van der Waals surface area contributed by atoms with Crippen molar-refractivity contribution in [2.75, 3.05) is 46.9 Å². The van der Waals surface area contributed by atoms with E-state index in [2.05, 4.69) is 24.0 Å². The first-order chi connectivity index (χ1) is 11.6. The second-order valence-corrected chi connectivity index (χ2v) is 7.09. The van der Waals surface area contributed by atoms with Crippen LogP contribution in [0, 0.1) is 0 Å². The van der Waals surface area contributed by atoms with Crippen LogP contribution in [0.3, 0.4) is 0 Å². The van der Waals surface area contributed by atoms with Gasteiger partial charge in [-0.15, -0.1) is 0 Å². The number of likely N-dealkylation sites (N-methyl/N-ethyl adjacent to an activating group) is 1. The molecular weight excluding hydrogens is 306 g/mol. The predicted octanol–water partition coefficient (Wildman–Crippen LogP) is 0.962. The fourth-order valence-electron chi connectivity index (χ4n) is 3.54. The van der Waals surface area contributed by atoms with Crippen LogP contribution in [0.25, 0.3) is 0 Å². The van der Waals surface area contributed by atoms with E-state index in [4.69, 9.17) is 9.47 Å². The highest BCUT2D eigenvalue weighted by Gasteiger charge is 2.44. The fraction of sp³-hybridized carbons (Fsp3) is 0.667. The van der Waals surface area contributed by atoms with Crippen LogP contribution in [0.5, 0.6) is 0 Å². The molecule has 0 saturated carbocycles. The summed E-state index contributed by atoms with van der Waals surface area (Å²) in [6.45, 7) is 3.28. The minimum absolute atomic E-state index is 0.0956. The largest absolute Gasteiger partial charge is 0.377 e. The van der Waals surface area contributed by atoms with Crippen LogP contribution in [0.15, 0.2) is 24.4 Å². The van der Waals surface area contributed by atoms with Gasteiger partial charge in [-0.25, -0.2) is 0 Å². The number of aromatic nitrogens is 1. The Morgan fingerprint density at radius 1 is 1.46 bits per heavy atom. The number of nitrogens with zero attached hydrogens (tertiary/aromatic N) is 3. The summed E-state index contributed by atoms with van der Waals surface area (Å²) in [5, 5.41) is 0. The van der Waals surface area contributed by atoms with Crippen LogP contribution in [0.1, 0.15) is 18.5 Å². The Morgan fingerprint density at radius 2 is 2.33 bits per heavy atom. The number of hydrogen-bond donors (Lipinski definition) is 0. The molecule has 2 saturated heterocycles. The molecular formula is C18H27N3O3. The third-order valence-electron chi connectivity index (χ3n) is 4.67. The summed E-state index contributed by atoms with van der Waals surface area (Å²) in [7, 11) is 4.11. The van der Waals surface area contributed by atoms with Crippen LogP contribution >= 0.6 is 0 Å². The molecule has 1 aromatic rings. The number of hydrogen-bond acceptors (Lipinski definition) is 5. The molecule has 1 aromatic heterocycles. The fourth-order valence-corrected chi connectivity index (χ4v) is 3.54. The SMILES string of the molecule is CN(C)CC1CCC2(COCCN(C(=O)Cc3ccccn3)C2)O1. The second kappa shape index (κ2) is 7.59. The molecule has 2 aliphatic heterocycles. The quantitative estimate of drug-likeness (QED) is 0.822. The number of carbonyl (C=O) groups is 1. The Kier molecular flexibility index (Phi) is 5.48. The van der Waals surface area contributed by atoms with Crippen LogP contribution in [0.2, 0.25) is 0 Å². The lowest BCUT2D eigenvalue weighted by molar-refractivity contribution is -0.135. The smallest absolute Gasteiger partial charge is 0.228 e. The molecule has 2 fully saturated rings. The van der Waals surface area contributed by atoms with E-state index in [1.165, 1.54) is 0 Å². The van der Waals surface area contributed by atoms with Crippen LogP contribution in [-0.2, 0) is 20.7 Å². The number of ether oxygens (including phenoxy) is 2. The van der Waals surface area contributed by atoms with Gasteiger partial charge in [0.15, 0.2) is 0 Å². The molecule has 0 aromatic carbocycles. The van der Waals surface area contributed by atoms with E-state index in [-0.39, 0.29) is 17.6 Å².